The Morgan fingerprint density at radius 2 is 2.64 bits per heavy atom. The molecule has 0 aliphatic heterocycles. The van der Waals surface area contributed by atoms with Crippen molar-refractivity contribution in [3.63, 3.8) is 0 Å². The zero-order valence-corrected chi connectivity index (χ0v) is 7.01. The van der Waals surface area contributed by atoms with Crippen molar-refractivity contribution in [2.24, 2.45) is 0 Å². The average Bonchev–Trinajstić information content (AvgIpc) is 2.52. The van der Waals surface area contributed by atoms with Gasteiger partial charge in [-0.2, -0.15) is 5.26 Å². The lowest BCUT2D eigenvalue weighted by atomic mass is 10.4. The van der Waals surface area contributed by atoms with E-state index in [9.17, 15) is 0 Å². The molecule has 1 rings (SSSR count). The molecule has 0 amide bonds. The summed E-state index contributed by atoms with van der Waals surface area (Å²) >= 11 is 1.48. The molecule has 5 heteroatoms. The van der Waals surface area contributed by atoms with Crippen LogP contribution in [-0.4, -0.2) is 23.8 Å². The van der Waals surface area contributed by atoms with Gasteiger partial charge in [0.05, 0.1) is 12.5 Å². The fourth-order valence-electron chi connectivity index (χ4n) is 0.647. The quantitative estimate of drug-likeness (QED) is 0.672. The summed E-state index contributed by atoms with van der Waals surface area (Å²) in [4.78, 5) is 1.92. The van der Waals surface area contributed by atoms with Crippen LogP contribution in [0, 0.1) is 11.3 Å². The predicted octanol–water partition coefficient (Wildman–Crippen LogP) is 0.888. The van der Waals surface area contributed by atoms with Gasteiger partial charge in [0.2, 0.25) is 5.13 Å². The lowest BCUT2D eigenvalue weighted by molar-refractivity contribution is 0.882. The third-order valence-corrected chi connectivity index (χ3v) is 2.04. The standard InChI is InChI=1S/C6H8N4S/c1-10(4-2-3-7)6-9-8-5-11-6/h5H,2,4H2,1H3. The van der Waals surface area contributed by atoms with Gasteiger partial charge in [-0.1, -0.05) is 11.3 Å². The molecule has 0 unspecified atom stereocenters. The Bertz CT molecular complexity index is 238. The summed E-state index contributed by atoms with van der Waals surface area (Å²) in [5, 5.41) is 16.7. The van der Waals surface area contributed by atoms with Crippen LogP contribution in [0.15, 0.2) is 5.51 Å². The summed E-state index contributed by atoms with van der Waals surface area (Å²) in [7, 11) is 1.90. The van der Waals surface area contributed by atoms with E-state index >= 15 is 0 Å². The van der Waals surface area contributed by atoms with Gasteiger partial charge in [-0.3, -0.25) is 0 Å². The molecule has 1 aromatic heterocycles. The van der Waals surface area contributed by atoms with E-state index < -0.39 is 0 Å². The van der Waals surface area contributed by atoms with Crippen LogP contribution in [-0.2, 0) is 0 Å². The number of hydrogen-bond acceptors (Lipinski definition) is 5. The van der Waals surface area contributed by atoms with Crippen LogP contribution in [0.5, 0.6) is 0 Å². The largest absolute Gasteiger partial charge is 0.349 e. The molecule has 0 spiro atoms. The maximum Gasteiger partial charge on any atom is 0.207 e. The molecule has 0 fully saturated rings. The Kier molecular flexibility index (Phi) is 2.81. The lowest BCUT2D eigenvalue weighted by Crippen LogP contribution is -2.17. The minimum absolute atomic E-state index is 0.524. The molecule has 0 aromatic carbocycles. The first-order chi connectivity index (χ1) is 5.34. The van der Waals surface area contributed by atoms with Gasteiger partial charge >= 0.3 is 0 Å². The van der Waals surface area contributed by atoms with Gasteiger partial charge in [0.1, 0.15) is 5.51 Å². The van der Waals surface area contributed by atoms with Crippen molar-refractivity contribution in [1.29, 1.82) is 5.26 Å². The number of hydrogen-bond donors (Lipinski definition) is 0. The Morgan fingerprint density at radius 1 is 1.82 bits per heavy atom. The fourth-order valence-corrected chi connectivity index (χ4v) is 1.20. The minimum Gasteiger partial charge on any atom is -0.349 e. The zero-order valence-electron chi connectivity index (χ0n) is 6.19. The van der Waals surface area contributed by atoms with E-state index in [1.807, 2.05) is 11.9 Å². The number of anilines is 1. The molecule has 0 saturated heterocycles. The van der Waals surface area contributed by atoms with Crippen molar-refractivity contribution in [3.8, 4) is 6.07 Å². The van der Waals surface area contributed by atoms with Crippen LogP contribution in [0.2, 0.25) is 0 Å². The molecule has 4 nitrogen and oxygen atoms in total. The molecule has 0 saturated carbocycles. The summed E-state index contributed by atoms with van der Waals surface area (Å²) in [5.74, 6) is 0. The molecule has 0 aliphatic carbocycles. The van der Waals surface area contributed by atoms with Crippen LogP contribution in [0.1, 0.15) is 6.42 Å². The van der Waals surface area contributed by atoms with E-state index in [2.05, 4.69) is 16.3 Å². The van der Waals surface area contributed by atoms with Crippen molar-refractivity contribution in [1.82, 2.24) is 10.2 Å². The number of nitrogens with zero attached hydrogens (tertiary/aromatic N) is 4. The van der Waals surface area contributed by atoms with E-state index in [0.29, 0.717) is 13.0 Å². The lowest BCUT2D eigenvalue weighted by Gasteiger charge is -2.11. The van der Waals surface area contributed by atoms with Gasteiger partial charge in [-0.15, -0.1) is 10.2 Å². The third kappa shape index (κ3) is 2.16. The number of aromatic nitrogens is 2. The summed E-state index contributed by atoms with van der Waals surface area (Å²) < 4.78 is 0. The molecule has 58 valence electrons. The Hall–Kier alpha value is -1.15. The van der Waals surface area contributed by atoms with E-state index in [4.69, 9.17) is 5.26 Å². The van der Waals surface area contributed by atoms with Gasteiger partial charge < -0.3 is 4.90 Å². The van der Waals surface area contributed by atoms with E-state index in [1.165, 1.54) is 11.3 Å². The van der Waals surface area contributed by atoms with Crippen molar-refractivity contribution >= 4 is 16.5 Å². The highest BCUT2D eigenvalue weighted by molar-refractivity contribution is 7.13. The highest BCUT2D eigenvalue weighted by Gasteiger charge is 2.01. The molecule has 0 aliphatic rings. The van der Waals surface area contributed by atoms with Crippen LogP contribution >= 0.6 is 11.3 Å². The summed E-state index contributed by atoms with van der Waals surface area (Å²) in [6.45, 7) is 0.714. The van der Waals surface area contributed by atoms with Gasteiger partial charge in [0, 0.05) is 13.6 Å². The molecule has 11 heavy (non-hydrogen) atoms. The molecule has 1 heterocycles. The van der Waals surface area contributed by atoms with Gasteiger partial charge in [-0.05, 0) is 0 Å². The second-order valence-corrected chi connectivity index (χ2v) is 2.86. The van der Waals surface area contributed by atoms with Crippen molar-refractivity contribution in [2.75, 3.05) is 18.5 Å². The highest BCUT2D eigenvalue weighted by Crippen LogP contribution is 2.12. The second-order valence-electron chi connectivity index (χ2n) is 2.05. The maximum absolute atomic E-state index is 8.30. The minimum atomic E-state index is 0.524. The van der Waals surface area contributed by atoms with Crippen LogP contribution < -0.4 is 4.90 Å². The second kappa shape index (κ2) is 3.88. The predicted molar refractivity (Wildman–Crippen MR) is 43.4 cm³/mol. The van der Waals surface area contributed by atoms with E-state index in [-0.39, 0.29) is 0 Å². The van der Waals surface area contributed by atoms with Crippen molar-refractivity contribution in [2.45, 2.75) is 6.42 Å². The van der Waals surface area contributed by atoms with E-state index in [0.717, 1.165) is 5.13 Å². The normalized spacial score (nSPS) is 9.09. The smallest absolute Gasteiger partial charge is 0.207 e. The number of rotatable bonds is 3. The molecule has 0 radical (unpaired) electrons. The fraction of sp³-hybridized carbons (Fsp3) is 0.500. The Labute approximate surface area is 69.1 Å². The average molecular weight is 168 g/mol. The van der Waals surface area contributed by atoms with Crippen LogP contribution in [0.25, 0.3) is 0 Å². The van der Waals surface area contributed by atoms with Gasteiger partial charge in [0.15, 0.2) is 0 Å². The van der Waals surface area contributed by atoms with Crippen LogP contribution in [0.3, 0.4) is 0 Å². The number of nitriles is 1. The van der Waals surface area contributed by atoms with E-state index in [1.54, 1.807) is 5.51 Å². The summed E-state index contributed by atoms with van der Waals surface area (Å²) in [5.41, 5.74) is 1.68. The Morgan fingerprint density at radius 3 is 3.18 bits per heavy atom. The Balaban J connectivity index is 2.44. The van der Waals surface area contributed by atoms with Crippen LogP contribution in [0.4, 0.5) is 5.13 Å². The summed E-state index contributed by atoms with van der Waals surface area (Å²) in [6, 6.07) is 2.08. The van der Waals surface area contributed by atoms with Gasteiger partial charge in [0.25, 0.3) is 0 Å². The molecule has 0 atom stereocenters. The topological polar surface area (TPSA) is 52.8 Å². The molecule has 0 N–H and O–H groups in total. The molecular weight excluding hydrogens is 160 g/mol. The zero-order chi connectivity index (χ0) is 8.10. The van der Waals surface area contributed by atoms with Gasteiger partial charge in [-0.25, -0.2) is 0 Å². The highest BCUT2D eigenvalue weighted by atomic mass is 32.1. The third-order valence-electron chi connectivity index (χ3n) is 1.23. The monoisotopic (exact) mass is 168 g/mol. The molecule has 0 bridgehead atoms. The SMILES string of the molecule is CN(CCC#N)c1nncs1. The van der Waals surface area contributed by atoms with Crippen molar-refractivity contribution < 1.29 is 0 Å². The first-order valence-corrected chi connectivity index (χ1v) is 4.07. The first-order valence-electron chi connectivity index (χ1n) is 3.19. The molecular formula is C6H8N4S. The maximum atomic E-state index is 8.30. The van der Waals surface area contributed by atoms with Crippen molar-refractivity contribution in [3.05, 3.63) is 5.51 Å². The molecule has 1 aromatic rings. The summed E-state index contributed by atoms with van der Waals surface area (Å²) in [6.07, 6.45) is 0.524. The first kappa shape index (κ1) is 7.95.